The van der Waals surface area contributed by atoms with Crippen molar-refractivity contribution in [2.45, 2.75) is 25.3 Å². The Balaban J connectivity index is 0.00000225. The van der Waals surface area contributed by atoms with Crippen LogP contribution in [-0.4, -0.2) is 25.0 Å². The van der Waals surface area contributed by atoms with Crippen molar-refractivity contribution in [3.8, 4) is 0 Å². The molecule has 0 aliphatic carbocycles. The number of carbonyl (C=O) groups excluding carboxylic acids is 1. The Morgan fingerprint density at radius 2 is 2.06 bits per heavy atom. The third-order valence-corrected chi connectivity index (χ3v) is 2.68. The molecule has 1 amide bonds. The minimum atomic E-state index is 0. The fourth-order valence-corrected chi connectivity index (χ4v) is 1.81. The lowest BCUT2D eigenvalue weighted by Crippen LogP contribution is -2.39. The van der Waals surface area contributed by atoms with Gasteiger partial charge in [0.2, 0.25) is 5.91 Å². The predicted octanol–water partition coefficient (Wildman–Crippen LogP) is 1.65. The average Bonchev–Trinajstić information content (AvgIpc) is 2.70. The molecule has 1 rings (SSSR count). The van der Waals surface area contributed by atoms with Gasteiger partial charge in [0.05, 0.1) is 0 Å². The summed E-state index contributed by atoms with van der Waals surface area (Å²) in [5.74, 6) is 0.129. The summed E-state index contributed by atoms with van der Waals surface area (Å²) in [6.45, 7) is 9.23. The topological polar surface area (TPSA) is 41.1 Å². The molecule has 1 aliphatic rings. The zero-order chi connectivity index (χ0) is 11.1. The van der Waals surface area contributed by atoms with Gasteiger partial charge in [0.25, 0.3) is 0 Å². The second-order valence-corrected chi connectivity index (χ2v) is 3.94. The van der Waals surface area contributed by atoms with Crippen molar-refractivity contribution in [2.75, 3.05) is 13.1 Å². The van der Waals surface area contributed by atoms with Crippen LogP contribution in [-0.2, 0) is 4.79 Å². The summed E-state index contributed by atoms with van der Waals surface area (Å²) in [4.78, 5) is 11.8. The van der Waals surface area contributed by atoms with Crippen molar-refractivity contribution in [2.24, 2.45) is 5.92 Å². The predicted molar refractivity (Wildman–Crippen MR) is 69.8 cm³/mol. The Morgan fingerprint density at radius 3 is 2.50 bits per heavy atom. The van der Waals surface area contributed by atoms with Gasteiger partial charge in [-0.1, -0.05) is 12.2 Å². The molecular formula is C12H21ClN2O. The van der Waals surface area contributed by atoms with Crippen molar-refractivity contribution in [1.29, 1.82) is 0 Å². The van der Waals surface area contributed by atoms with Gasteiger partial charge in [-0.25, -0.2) is 0 Å². The van der Waals surface area contributed by atoms with Crippen molar-refractivity contribution in [3.05, 3.63) is 25.3 Å². The van der Waals surface area contributed by atoms with Gasteiger partial charge in [-0.3, -0.25) is 4.79 Å². The van der Waals surface area contributed by atoms with E-state index in [0.717, 1.165) is 32.4 Å². The first-order chi connectivity index (χ1) is 7.27. The minimum Gasteiger partial charge on any atom is -0.352 e. The van der Waals surface area contributed by atoms with E-state index in [4.69, 9.17) is 0 Å². The van der Waals surface area contributed by atoms with E-state index < -0.39 is 0 Å². The van der Waals surface area contributed by atoms with Crippen molar-refractivity contribution in [1.82, 2.24) is 10.6 Å². The Bertz CT molecular complexity index is 227. The molecule has 0 aromatic carbocycles. The van der Waals surface area contributed by atoms with E-state index in [2.05, 4.69) is 23.8 Å². The number of amides is 1. The molecule has 1 fully saturated rings. The van der Waals surface area contributed by atoms with Crippen LogP contribution in [0.3, 0.4) is 0 Å². The van der Waals surface area contributed by atoms with Gasteiger partial charge in [-0.05, 0) is 25.8 Å². The van der Waals surface area contributed by atoms with Crippen molar-refractivity contribution >= 4 is 18.3 Å². The summed E-state index contributed by atoms with van der Waals surface area (Å²) in [5.41, 5.74) is 0. The lowest BCUT2D eigenvalue weighted by Gasteiger charge is -2.17. The van der Waals surface area contributed by atoms with Crippen LogP contribution in [0.1, 0.15) is 19.3 Å². The zero-order valence-corrected chi connectivity index (χ0v) is 10.4. The highest BCUT2D eigenvalue weighted by Gasteiger charge is 2.21. The average molecular weight is 245 g/mol. The van der Waals surface area contributed by atoms with E-state index in [9.17, 15) is 4.79 Å². The molecule has 0 bridgehead atoms. The van der Waals surface area contributed by atoms with E-state index in [1.165, 1.54) is 0 Å². The van der Waals surface area contributed by atoms with Crippen LogP contribution in [0.4, 0.5) is 0 Å². The molecule has 1 aliphatic heterocycles. The first kappa shape index (κ1) is 15.2. The summed E-state index contributed by atoms with van der Waals surface area (Å²) in [5, 5.41) is 6.28. The quantitative estimate of drug-likeness (QED) is 0.698. The van der Waals surface area contributed by atoms with Gasteiger partial charge in [-0.2, -0.15) is 0 Å². The first-order valence-electron chi connectivity index (χ1n) is 5.50. The molecule has 0 spiro atoms. The molecule has 1 atom stereocenters. The summed E-state index contributed by atoms with van der Waals surface area (Å²) < 4.78 is 0. The number of carbonyl (C=O) groups is 1. The smallest absolute Gasteiger partial charge is 0.223 e. The monoisotopic (exact) mass is 244 g/mol. The molecule has 3 nitrogen and oxygen atoms in total. The molecule has 1 heterocycles. The van der Waals surface area contributed by atoms with Crippen LogP contribution in [0, 0.1) is 5.92 Å². The number of nitrogens with one attached hydrogen (secondary N) is 2. The zero-order valence-electron chi connectivity index (χ0n) is 9.58. The van der Waals surface area contributed by atoms with Gasteiger partial charge in [0, 0.05) is 18.5 Å². The highest BCUT2D eigenvalue weighted by atomic mass is 35.5. The molecule has 0 radical (unpaired) electrons. The number of allylic oxidation sites excluding steroid dienone is 2. The number of rotatable bonds is 6. The lowest BCUT2D eigenvalue weighted by molar-refractivity contribution is -0.125. The summed E-state index contributed by atoms with van der Waals surface area (Å²) in [7, 11) is 0. The van der Waals surface area contributed by atoms with Crippen LogP contribution in [0.2, 0.25) is 0 Å². The van der Waals surface area contributed by atoms with Gasteiger partial charge in [-0.15, -0.1) is 25.6 Å². The molecule has 1 saturated heterocycles. The third kappa shape index (κ3) is 4.81. The molecule has 92 valence electrons. The maximum Gasteiger partial charge on any atom is 0.223 e. The fourth-order valence-electron chi connectivity index (χ4n) is 1.81. The maximum absolute atomic E-state index is 11.8. The minimum absolute atomic E-state index is 0. The number of hydrogen-bond donors (Lipinski definition) is 2. The third-order valence-electron chi connectivity index (χ3n) is 2.68. The van der Waals surface area contributed by atoms with Crippen molar-refractivity contribution < 1.29 is 4.79 Å². The van der Waals surface area contributed by atoms with Crippen LogP contribution in [0.5, 0.6) is 0 Å². The molecular weight excluding hydrogens is 224 g/mol. The summed E-state index contributed by atoms with van der Waals surface area (Å²) in [6, 6.07) is 0.301. The molecule has 2 N–H and O–H groups in total. The van der Waals surface area contributed by atoms with E-state index in [1.807, 2.05) is 0 Å². The van der Waals surface area contributed by atoms with Gasteiger partial charge < -0.3 is 10.6 Å². The number of halogens is 1. The van der Waals surface area contributed by atoms with E-state index in [-0.39, 0.29) is 24.2 Å². The van der Waals surface area contributed by atoms with E-state index in [0.29, 0.717) is 6.04 Å². The SMILES string of the molecule is C=CCC(CC=C)C(=O)NC1CCNC1.Cl. The fraction of sp³-hybridized carbons (Fsp3) is 0.583. The standard InChI is InChI=1S/C12H20N2O.ClH/c1-3-5-10(6-4-2)12(15)14-11-7-8-13-9-11;/h3-4,10-11,13H,1-2,5-9H2,(H,14,15);1H. The largest absolute Gasteiger partial charge is 0.352 e. The van der Waals surface area contributed by atoms with E-state index >= 15 is 0 Å². The van der Waals surface area contributed by atoms with Crippen LogP contribution < -0.4 is 10.6 Å². The molecule has 0 saturated carbocycles. The summed E-state index contributed by atoms with van der Waals surface area (Å²) in [6.07, 6.45) is 6.05. The number of hydrogen-bond acceptors (Lipinski definition) is 2. The normalized spacial score (nSPS) is 18.9. The van der Waals surface area contributed by atoms with Crippen molar-refractivity contribution in [3.63, 3.8) is 0 Å². The molecule has 4 heteroatoms. The Hall–Kier alpha value is -0.800. The Labute approximate surface area is 104 Å². The Kier molecular flexibility index (Phi) is 7.95. The Morgan fingerprint density at radius 1 is 1.44 bits per heavy atom. The molecule has 0 aromatic rings. The second kappa shape index (κ2) is 8.36. The first-order valence-corrected chi connectivity index (χ1v) is 5.50. The highest BCUT2D eigenvalue weighted by Crippen LogP contribution is 2.11. The maximum atomic E-state index is 11.8. The highest BCUT2D eigenvalue weighted by molar-refractivity contribution is 5.85. The molecule has 1 unspecified atom stereocenters. The molecule has 0 aromatic heterocycles. The van der Waals surface area contributed by atoms with Gasteiger partial charge in [0.15, 0.2) is 0 Å². The van der Waals surface area contributed by atoms with Crippen LogP contribution in [0.25, 0.3) is 0 Å². The van der Waals surface area contributed by atoms with E-state index in [1.54, 1.807) is 12.2 Å². The van der Waals surface area contributed by atoms with Crippen LogP contribution >= 0.6 is 12.4 Å². The second-order valence-electron chi connectivity index (χ2n) is 3.94. The van der Waals surface area contributed by atoms with Gasteiger partial charge in [0.1, 0.15) is 0 Å². The molecule has 16 heavy (non-hydrogen) atoms. The summed E-state index contributed by atoms with van der Waals surface area (Å²) >= 11 is 0. The van der Waals surface area contributed by atoms with Gasteiger partial charge >= 0.3 is 0 Å². The lowest BCUT2D eigenvalue weighted by atomic mass is 10.00. The van der Waals surface area contributed by atoms with Crippen LogP contribution in [0.15, 0.2) is 25.3 Å².